The van der Waals surface area contributed by atoms with E-state index in [2.05, 4.69) is 4.98 Å². The first-order valence-corrected chi connectivity index (χ1v) is 7.61. The second-order valence-corrected chi connectivity index (χ2v) is 5.90. The van der Waals surface area contributed by atoms with Gasteiger partial charge in [-0.05, 0) is 23.4 Å². The molecule has 7 heteroatoms. The Kier molecular flexibility index (Phi) is 4.71. The average Bonchev–Trinajstić information content (AvgIpc) is 2.95. The smallest absolute Gasteiger partial charge is 0.326 e. The number of aromatic nitrogens is 2. The standard InChI is InChI=1S/C12H18N2O4S/c15-12(16)11(5-9-3-1-2-4-9)14-6-10(13-8-14)7-19(17)18/h6,8-9,11H,1-5,7H2,(H,15,16)(H,17,18)/p-1/t11-/m0/s1. The SMILES string of the molecule is O=C(O)[C@H](CC1CCCC1)n1cnc(CS(=O)[O-])c1. The molecule has 6 nitrogen and oxygen atoms in total. The van der Waals surface area contributed by atoms with Gasteiger partial charge in [0.2, 0.25) is 0 Å². The summed E-state index contributed by atoms with van der Waals surface area (Å²) in [4.78, 5) is 15.3. The molecule has 1 aromatic heterocycles. The summed E-state index contributed by atoms with van der Waals surface area (Å²) in [7, 11) is 0. The summed E-state index contributed by atoms with van der Waals surface area (Å²) < 4.78 is 22.7. The molecular formula is C12H17N2O4S-. The van der Waals surface area contributed by atoms with Crippen molar-refractivity contribution in [2.75, 3.05) is 0 Å². The summed E-state index contributed by atoms with van der Waals surface area (Å²) in [5.41, 5.74) is 0.381. The molecular weight excluding hydrogens is 268 g/mol. The summed E-state index contributed by atoms with van der Waals surface area (Å²) >= 11 is -2.20. The van der Waals surface area contributed by atoms with Crippen LogP contribution in [0.25, 0.3) is 0 Å². The van der Waals surface area contributed by atoms with Crippen LogP contribution in [0, 0.1) is 5.92 Å². The highest BCUT2D eigenvalue weighted by Gasteiger charge is 2.26. The molecule has 0 radical (unpaired) electrons. The Bertz CT molecular complexity index is 468. The van der Waals surface area contributed by atoms with Gasteiger partial charge >= 0.3 is 5.97 Å². The first kappa shape index (κ1) is 14.2. The van der Waals surface area contributed by atoms with Gasteiger partial charge in [-0.1, -0.05) is 25.7 Å². The van der Waals surface area contributed by atoms with Crippen LogP contribution < -0.4 is 0 Å². The lowest BCUT2D eigenvalue weighted by Gasteiger charge is -2.17. The van der Waals surface area contributed by atoms with Crippen LogP contribution >= 0.6 is 0 Å². The molecule has 1 aromatic rings. The summed E-state index contributed by atoms with van der Waals surface area (Å²) in [6.07, 6.45) is 8.01. The van der Waals surface area contributed by atoms with Gasteiger partial charge in [-0.2, -0.15) is 0 Å². The number of rotatable bonds is 6. The zero-order valence-electron chi connectivity index (χ0n) is 10.5. The molecule has 0 aliphatic heterocycles. The highest BCUT2D eigenvalue weighted by Crippen LogP contribution is 2.32. The van der Waals surface area contributed by atoms with Crippen LogP contribution in [-0.2, 0) is 21.6 Å². The zero-order chi connectivity index (χ0) is 13.8. The fourth-order valence-corrected chi connectivity index (χ4v) is 3.05. The minimum atomic E-state index is -2.20. The van der Waals surface area contributed by atoms with Gasteiger partial charge in [-0.3, -0.25) is 4.21 Å². The molecule has 0 aromatic carbocycles. The first-order valence-electron chi connectivity index (χ1n) is 6.37. The van der Waals surface area contributed by atoms with Gasteiger partial charge in [0, 0.05) is 6.20 Å². The lowest BCUT2D eigenvalue weighted by atomic mass is 9.98. The van der Waals surface area contributed by atoms with Gasteiger partial charge in [0.25, 0.3) is 0 Å². The van der Waals surface area contributed by atoms with E-state index in [-0.39, 0.29) is 5.75 Å². The van der Waals surface area contributed by atoms with Crippen LogP contribution in [0.5, 0.6) is 0 Å². The van der Waals surface area contributed by atoms with Crippen molar-refractivity contribution in [1.29, 1.82) is 0 Å². The Morgan fingerprint density at radius 1 is 1.58 bits per heavy atom. The van der Waals surface area contributed by atoms with Crippen LogP contribution in [0.1, 0.15) is 43.8 Å². The minimum absolute atomic E-state index is 0.178. The van der Waals surface area contributed by atoms with Gasteiger partial charge in [-0.25, -0.2) is 9.78 Å². The highest BCUT2D eigenvalue weighted by atomic mass is 32.2. The van der Waals surface area contributed by atoms with Crippen molar-refractivity contribution in [1.82, 2.24) is 9.55 Å². The van der Waals surface area contributed by atoms with E-state index in [1.54, 1.807) is 0 Å². The summed E-state index contributed by atoms with van der Waals surface area (Å²) in [6, 6.07) is -0.649. The molecule has 19 heavy (non-hydrogen) atoms. The third-order valence-electron chi connectivity index (χ3n) is 3.60. The Balaban J connectivity index is 2.07. The minimum Gasteiger partial charge on any atom is -0.772 e. The summed E-state index contributed by atoms with van der Waals surface area (Å²) in [6.45, 7) is 0. The van der Waals surface area contributed by atoms with Gasteiger partial charge in [0.1, 0.15) is 6.04 Å². The van der Waals surface area contributed by atoms with E-state index < -0.39 is 23.1 Å². The molecule has 1 heterocycles. The lowest BCUT2D eigenvalue weighted by molar-refractivity contribution is -0.141. The van der Waals surface area contributed by atoms with Crippen molar-refractivity contribution in [3.05, 3.63) is 18.2 Å². The largest absolute Gasteiger partial charge is 0.772 e. The monoisotopic (exact) mass is 285 g/mol. The van der Waals surface area contributed by atoms with E-state index in [0.29, 0.717) is 18.0 Å². The molecule has 0 amide bonds. The Morgan fingerprint density at radius 2 is 2.26 bits per heavy atom. The maximum Gasteiger partial charge on any atom is 0.326 e. The first-order chi connectivity index (χ1) is 9.06. The number of imidazole rings is 1. The van der Waals surface area contributed by atoms with E-state index in [4.69, 9.17) is 0 Å². The normalized spacial score (nSPS) is 19.4. The molecule has 1 saturated carbocycles. The fourth-order valence-electron chi connectivity index (χ4n) is 2.66. The van der Waals surface area contributed by atoms with Crippen molar-refractivity contribution in [2.24, 2.45) is 5.92 Å². The highest BCUT2D eigenvalue weighted by molar-refractivity contribution is 7.78. The maximum absolute atomic E-state index is 11.3. The fraction of sp³-hybridized carbons (Fsp3) is 0.667. The van der Waals surface area contributed by atoms with Gasteiger partial charge < -0.3 is 14.2 Å². The molecule has 0 spiro atoms. The van der Waals surface area contributed by atoms with E-state index in [1.165, 1.54) is 29.9 Å². The third-order valence-corrected chi connectivity index (χ3v) is 4.13. The summed E-state index contributed by atoms with van der Waals surface area (Å²) in [5, 5.41) is 9.31. The van der Waals surface area contributed by atoms with Crippen molar-refractivity contribution in [3.8, 4) is 0 Å². The molecule has 0 saturated heterocycles. The molecule has 1 fully saturated rings. The quantitative estimate of drug-likeness (QED) is 0.798. The number of hydrogen-bond acceptors (Lipinski definition) is 4. The number of carbonyl (C=O) groups is 1. The number of carboxylic acids is 1. The van der Waals surface area contributed by atoms with Crippen LogP contribution in [0.4, 0.5) is 0 Å². The van der Waals surface area contributed by atoms with Crippen molar-refractivity contribution >= 4 is 17.0 Å². The second-order valence-electron chi connectivity index (χ2n) is 5.00. The van der Waals surface area contributed by atoms with Crippen LogP contribution in [0.15, 0.2) is 12.5 Å². The molecule has 1 N–H and O–H groups in total. The molecule has 1 aliphatic rings. The lowest BCUT2D eigenvalue weighted by Crippen LogP contribution is -2.20. The molecule has 2 atom stereocenters. The molecule has 1 unspecified atom stereocenters. The Labute approximate surface area is 114 Å². The number of nitrogens with zero attached hydrogens (tertiary/aromatic N) is 2. The van der Waals surface area contributed by atoms with Crippen LogP contribution in [0.3, 0.4) is 0 Å². The number of hydrogen-bond donors (Lipinski definition) is 1. The Hall–Kier alpha value is -1.21. The van der Waals surface area contributed by atoms with E-state index in [1.807, 2.05) is 0 Å². The average molecular weight is 285 g/mol. The molecule has 1 aliphatic carbocycles. The number of carboxylic acid groups (broad SMARTS) is 1. The van der Waals surface area contributed by atoms with Crippen LogP contribution in [-0.4, -0.2) is 29.4 Å². The summed E-state index contributed by atoms with van der Waals surface area (Å²) in [5.74, 6) is -0.623. The predicted octanol–water partition coefficient (Wildman–Crippen LogP) is 1.47. The molecule has 0 bridgehead atoms. The maximum atomic E-state index is 11.3. The van der Waals surface area contributed by atoms with Crippen molar-refractivity contribution < 1.29 is 18.7 Å². The van der Waals surface area contributed by atoms with E-state index in [9.17, 15) is 18.7 Å². The van der Waals surface area contributed by atoms with Gasteiger partial charge in [0.05, 0.1) is 17.8 Å². The van der Waals surface area contributed by atoms with E-state index >= 15 is 0 Å². The number of aliphatic carboxylic acids is 1. The second kappa shape index (κ2) is 6.29. The van der Waals surface area contributed by atoms with Crippen molar-refractivity contribution in [2.45, 2.75) is 43.9 Å². The van der Waals surface area contributed by atoms with Gasteiger partial charge in [0.15, 0.2) is 0 Å². The van der Waals surface area contributed by atoms with Crippen LogP contribution in [0.2, 0.25) is 0 Å². The molecule has 2 rings (SSSR count). The van der Waals surface area contributed by atoms with Gasteiger partial charge in [-0.15, -0.1) is 0 Å². The Morgan fingerprint density at radius 3 is 2.84 bits per heavy atom. The van der Waals surface area contributed by atoms with Crippen molar-refractivity contribution in [3.63, 3.8) is 0 Å². The zero-order valence-corrected chi connectivity index (χ0v) is 11.3. The third kappa shape index (κ3) is 3.87. The van der Waals surface area contributed by atoms with E-state index in [0.717, 1.165) is 12.8 Å². The predicted molar refractivity (Wildman–Crippen MR) is 68.1 cm³/mol. The topological polar surface area (TPSA) is 95.2 Å². The molecule has 106 valence electrons.